The zero-order valence-electron chi connectivity index (χ0n) is 18.2. The van der Waals surface area contributed by atoms with Gasteiger partial charge >= 0.3 is 173 Å². The van der Waals surface area contributed by atoms with E-state index in [4.69, 9.17) is 0 Å². The minimum atomic E-state index is -0.536. The molecule has 0 unspecified atom stereocenters. The third-order valence-corrected chi connectivity index (χ3v) is 6.84. The molecule has 1 nitrogen and oxygen atoms in total. The molecule has 142 valence electrons. The normalized spacial score (nSPS) is 12.0. The molecule has 0 fully saturated rings. The van der Waals surface area contributed by atoms with Gasteiger partial charge in [-0.3, -0.25) is 0 Å². The molecule has 2 radical (unpaired) electrons. The zero-order chi connectivity index (χ0) is 20.2. The Morgan fingerprint density at radius 3 is 2.04 bits per heavy atom. The van der Waals surface area contributed by atoms with Gasteiger partial charge in [0.05, 0.1) is 0 Å². The van der Waals surface area contributed by atoms with Gasteiger partial charge in [-0.15, -0.1) is 0 Å². The second kappa shape index (κ2) is 8.67. The van der Waals surface area contributed by atoms with Gasteiger partial charge in [0, 0.05) is 0 Å². The molecule has 2 rings (SSSR count). The van der Waals surface area contributed by atoms with Crippen molar-refractivity contribution in [3.63, 3.8) is 0 Å². The van der Waals surface area contributed by atoms with Crippen LogP contribution in [0.5, 0.6) is 0 Å². The van der Waals surface area contributed by atoms with Crippen molar-refractivity contribution in [2.75, 3.05) is 14.1 Å². The average Bonchev–Trinajstić information content (AvgIpc) is 2.54. The van der Waals surface area contributed by atoms with E-state index in [1.165, 1.54) is 21.1 Å². The third-order valence-electron chi connectivity index (χ3n) is 4.55. The predicted octanol–water partition coefficient (Wildman–Crippen LogP) is 4.68. The van der Waals surface area contributed by atoms with Crippen molar-refractivity contribution in [3.05, 3.63) is 64.7 Å². The zero-order valence-corrected chi connectivity index (χ0v) is 20.3. The average molecular weight is 420 g/mol. The maximum absolute atomic E-state index is 3.56. The van der Waals surface area contributed by atoms with Gasteiger partial charge in [-0.05, 0) is 0 Å². The molecule has 0 aliphatic rings. The van der Waals surface area contributed by atoms with Crippen molar-refractivity contribution in [1.29, 1.82) is 0 Å². The van der Waals surface area contributed by atoms with E-state index in [1.54, 1.807) is 0 Å². The number of benzene rings is 2. The Kier molecular flexibility index (Phi) is 7.00. The SMILES string of the molecule is CN(C)Cc1cc(C(C)(C)C)cc(C(C)(C)C)[c]1[Ge][C]#Cc1ccccc1. The van der Waals surface area contributed by atoms with Gasteiger partial charge in [-0.2, -0.15) is 0 Å². The monoisotopic (exact) mass is 421 g/mol. The van der Waals surface area contributed by atoms with Crippen LogP contribution < -0.4 is 4.40 Å². The summed E-state index contributed by atoms with van der Waals surface area (Å²) < 4.78 is 5.08. The minimum absolute atomic E-state index is 0.121. The van der Waals surface area contributed by atoms with Crippen LogP contribution in [0.25, 0.3) is 0 Å². The molecular weight excluding hydrogens is 387 g/mol. The van der Waals surface area contributed by atoms with Gasteiger partial charge in [0.2, 0.25) is 0 Å². The first-order chi connectivity index (χ1) is 12.5. The molecule has 0 saturated heterocycles. The molecule has 2 heteroatoms. The Labute approximate surface area is 173 Å². The van der Waals surface area contributed by atoms with E-state index in [0.29, 0.717) is 0 Å². The summed E-state index contributed by atoms with van der Waals surface area (Å²) in [6, 6.07) is 15.2. The van der Waals surface area contributed by atoms with Crippen LogP contribution in [0.15, 0.2) is 42.5 Å². The van der Waals surface area contributed by atoms with Crippen LogP contribution in [0.4, 0.5) is 0 Å². The van der Waals surface area contributed by atoms with Crippen LogP contribution in [0.1, 0.15) is 63.8 Å². The van der Waals surface area contributed by atoms with Crippen LogP contribution in [0.2, 0.25) is 0 Å². The quantitative estimate of drug-likeness (QED) is 0.515. The molecule has 2 aromatic carbocycles. The van der Waals surface area contributed by atoms with Crippen molar-refractivity contribution >= 4 is 19.8 Å². The van der Waals surface area contributed by atoms with E-state index in [-0.39, 0.29) is 10.8 Å². The first kappa shape index (κ1) is 21.8. The van der Waals surface area contributed by atoms with Crippen molar-refractivity contribution in [1.82, 2.24) is 4.90 Å². The molecule has 2 aromatic rings. The van der Waals surface area contributed by atoms with E-state index in [0.717, 1.165) is 12.1 Å². The summed E-state index contributed by atoms with van der Waals surface area (Å²) >= 11 is -0.536. The van der Waals surface area contributed by atoms with Gasteiger partial charge in [0.1, 0.15) is 0 Å². The fourth-order valence-electron chi connectivity index (χ4n) is 3.03. The van der Waals surface area contributed by atoms with Crippen molar-refractivity contribution in [2.45, 2.75) is 58.9 Å². The van der Waals surface area contributed by atoms with Gasteiger partial charge in [-0.1, -0.05) is 0 Å². The van der Waals surface area contributed by atoms with Gasteiger partial charge in [0.15, 0.2) is 0 Å². The maximum atomic E-state index is 3.56. The van der Waals surface area contributed by atoms with Crippen LogP contribution in [0.3, 0.4) is 0 Å². The molecule has 0 amide bonds. The van der Waals surface area contributed by atoms with Gasteiger partial charge in [-0.25, -0.2) is 0 Å². The first-order valence-corrected chi connectivity index (χ1v) is 11.7. The van der Waals surface area contributed by atoms with Gasteiger partial charge in [0.25, 0.3) is 0 Å². The molecule has 0 aliphatic carbocycles. The van der Waals surface area contributed by atoms with Crippen LogP contribution in [0, 0.1) is 10.7 Å². The molecular formula is C25H33GeN. The van der Waals surface area contributed by atoms with Gasteiger partial charge < -0.3 is 0 Å². The van der Waals surface area contributed by atoms with Crippen molar-refractivity contribution in [3.8, 4) is 10.7 Å². The Morgan fingerprint density at radius 2 is 1.52 bits per heavy atom. The molecule has 0 bridgehead atoms. The summed E-state index contributed by atoms with van der Waals surface area (Å²) in [6.45, 7) is 14.9. The summed E-state index contributed by atoms with van der Waals surface area (Å²) in [6.07, 6.45) is 0. The fourth-order valence-corrected chi connectivity index (χ4v) is 5.60. The number of rotatable bonds is 3. The molecule has 27 heavy (non-hydrogen) atoms. The molecule has 0 aliphatic heterocycles. The summed E-state index contributed by atoms with van der Waals surface area (Å²) in [5, 5.41) is 0. The second-order valence-corrected chi connectivity index (χ2v) is 11.6. The predicted molar refractivity (Wildman–Crippen MR) is 120 cm³/mol. The second-order valence-electron chi connectivity index (χ2n) is 9.54. The summed E-state index contributed by atoms with van der Waals surface area (Å²) in [5.41, 5.74) is 5.74. The molecule has 0 heterocycles. The van der Waals surface area contributed by atoms with Crippen LogP contribution in [-0.2, 0) is 17.4 Å². The molecule has 0 spiro atoms. The number of nitrogens with zero attached hydrogens (tertiary/aromatic N) is 1. The third kappa shape index (κ3) is 6.26. The summed E-state index contributed by atoms with van der Waals surface area (Å²) in [4.78, 5) is 2.27. The standard InChI is InChI=1S/C25H33GeN/c1-24(2,3)21-16-20(18-27(7)8)23(22(17-21)25(4,5)6)26-15-14-19-12-10-9-11-13-19/h9-13,16-17H,18H2,1-8H3. The fraction of sp³-hybridized carbons (Fsp3) is 0.440. The molecule has 0 atom stereocenters. The van der Waals surface area contributed by atoms with Crippen LogP contribution >= 0.6 is 0 Å². The Balaban J connectivity index is 2.56. The Hall–Kier alpha value is -1.50. The summed E-state index contributed by atoms with van der Waals surface area (Å²) in [5.74, 6) is 3.39. The Morgan fingerprint density at radius 1 is 0.889 bits per heavy atom. The topological polar surface area (TPSA) is 3.24 Å². The van der Waals surface area contributed by atoms with Crippen LogP contribution in [-0.4, -0.2) is 34.4 Å². The molecule has 0 N–H and O–H groups in total. The molecule has 0 aromatic heterocycles. The van der Waals surface area contributed by atoms with E-state index < -0.39 is 15.4 Å². The number of hydrogen-bond donors (Lipinski definition) is 0. The first-order valence-electron chi connectivity index (χ1n) is 9.63. The van der Waals surface area contributed by atoms with E-state index >= 15 is 0 Å². The number of hydrogen-bond acceptors (Lipinski definition) is 1. The Bertz CT molecular complexity index is 825. The van der Waals surface area contributed by atoms with Crippen molar-refractivity contribution in [2.24, 2.45) is 0 Å². The van der Waals surface area contributed by atoms with Crippen molar-refractivity contribution < 1.29 is 0 Å². The van der Waals surface area contributed by atoms with E-state index in [1.807, 2.05) is 6.07 Å². The van der Waals surface area contributed by atoms with E-state index in [9.17, 15) is 0 Å². The molecule has 0 saturated carbocycles. The summed E-state index contributed by atoms with van der Waals surface area (Å²) in [7, 11) is 4.31. The van der Waals surface area contributed by atoms with E-state index in [2.05, 4.69) is 108 Å².